The van der Waals surface area contributed by atoms with E-state index in [-0.39, 0.29) is 5.69 Å². The summed E-state index contributed by atoms with van der Waals surface area (Å²) in [6, 6.07) is 19.0. The van der Waals surface area contributed by atoms with Crippen LogP contribution in [0.1, 0.15) is 0 Å². The number of nitro benzene ring substituents is 1. The van der Waals surface area contributed by atoms with Gasteiger partial charge in [-0.05, 0) is 22.9 Å². The summed E-state index contributed by atoms with van der Waals surface area (Å²) >= 11 is 0. The Balaban J connectivity index is 1.90. The van der Waals surface area contributed by atoms with E-state index in [0.29, 0.717) is 5.52 Å². The van der Waals surface area contributed by atoms with Crippen LogP contribution in [0.5, 0.6) is 0 Å². The van der Waals surface area contributed by atoms with E-state index in [9.17, 15) is 10.1 Å². The molecule has 0 saturated carbocycles. The van der Waals surface area contributed by atoms with Gasteiger partial charge in [0.1, 0.15) is 0 Å². The van der Waals surface area contributed by atoms with Gasteiger partial charge in [0.15, 0.2) is 0 Å². The third-order valence-electron chi connectivity index (χ3n) is 3.78. The second-order valence-corrected chi connectivity index (χ2v) is 5.12. The van der Waals surface area contributed by atoms with Gasteiger partial charge in [-0.25, -0.2) is 0 Å². The molecule has 0 aliphatic carbocycles. The topological polar surface area (TPSA) is 71.8 Å². The highest BCUT2D eigenvalue weighted by molar-refractivity contribution is 5.96. The lowest BCUT2D eigenvalue weighted by molar-refractivity contribution is -0.384. The highest BCUT2D eigenvalue weighted by atomic mass is 16.6. The Kier molecular flexibility index (Phi) is 2.66. The Morgan fingerprint density at radius 2 is 1.77 bits per heavy atom. The Morgan fingerprint density at radius 1 is 0.955 bits per heavy atom. The molecule has 0 unspecified atom stereocenters. The third-order valence-corrected chi connectivity index (χ3v) is 3.78. The zero-order valence-corrected chi connectivity index (χ0v) is 11.5. The first-order valence-electron chi connectivity index (χ1n) is 6.84. The summed E-state index contributed by atoms with van der Waals surface area (Å²) in [5.41, 5.74) is 2.51. The number of nitrogens with one attached hydrogen (secondary N) is 1. The number of fused-ring (bicyclic) bond motifs is 2. The van der Waals surface area contributed by atoms with Crippen LogP contribution in [0.2, 0.25) is 0 Å². The Labute approximate surface area is 125 Å². The molecule has 3 aromatic carbocycles. The number of nitro groups is 1. The molecule has 4 rings (SSSR count). The minimum absolute atomic E-state index is 0.0567. The lowest BCUT2D eigenvalue weighted by Crippen LogP contribution is -1.86. The summed E-state index contributed by atoms with van der Waals surface area (Å²) in [7, 11) is 0. The molecule has 0 amide bonds. The van der Waals surface area contributed by atoms with Crippen molar-refractivity contribution in [2.24, 2.45) is 0 Å². The smallest absolute Gasteiger partial charge is 0.271 e. The summed E-state index contributed by atoms with van der Waals surface area (Å²) < 4.78 is 0. The number of hydrogen-bond acceptors (Lipinski definition) is 3. The van der Waals surface area contributed by atoms with Crippen LogP contribution in [0.4, 0.5) is 5.69 Å². The van der Waals surface area contributed by atoms with Crippen molar-refractivity contribution < 1.29 is 4.92 Å². The molecule has 1 heterocycles. The van der Waals surface area contributed by atoms with Crippen molar-refractivity contribution in [1.82, 2.24) is 10.2 Å². The SMILES string of the molecule is O=[N+]([O-])c1ccc2c(-c3ccc4ccccc4c3)n[nH]c2c1. The molecule has 22 heavy (non-hydrogen) atoms. The number of hydrogen-bond donors (Lipinski definition) is 1. The first kappa shape index (κ1) is 12.5. The van der Waals surface area contributed by atoms with E-state index in [1.54, 1.807) is 6.07 Å². The highest BCUT2D eigenvalue weighted by Gasteiger charge is 2.12. The van der Waals surface area contributed by atoms with Crippen LogP contribution < -0.4 is 0 Å². The van der Waals surface area contributed by atoms with Gasteiger partial charge >= 0.3 is 0 Å². The predicted octanol–water partition coefficient (Wildman–Crippen LogP) is 4.29. The standard InChI is InChI=1S/C17H11N3O2/c21-20(22)14-7-8-15-16(10-14)18-19-17(15)13-6-5-11-3-1-2-4-12(11)9-13/h1-10H,(H,18,19). The molecule has 0 saturated heterocycles. The van der Waals surface area contributed by atoms with Crippen LogP contribution >= 0.6 is 0 Å². The van der Waals surface area contributed by atoms with Crippen molar-refractivity contribution >= 4 is 27.4 Å². The average molecular weight is 289 g/mol. The molecule has 0 aliphatic heterocycles. The fraction of sp³-hybridized carbons (Fsp3) is 0. The zero-order valence-electron chi connectivity index (χ0n) is 11.5. The number of benzene rings is 3. The second kappa shape index (κ2) is 4.66. The summed E-state index contributed by atoms with van der Waals surface area (Å²) in [6.07, 6.45) is 0. The maximum atomic E-state index is 10.8. The van der Waals surface area contributed by atoms with Crippen molar-refractivity contribution in [1.29, 1.82) is 0 Å². The maximum absolute atomic E-state index is 10.8. The minimum atomic E-state index is -0.407. The van der Waals surface area contributed by atoms with Gasteiger partial charge in [0.25, 0.3) is 5.69 Å². The minimum Gasteiger partial charge on any atom is -0.277 e. The largest absolute Gasteiger partial charge is 0.277 e. The van der Waals surface area contributed by atoms with E-state index in [1.807, 2.05) is 18.2 Å². The molecule has 4 aromatic rings. The van der Waals surface area contributed by atoms with Crippen LogP contribution in [0.3, 0.4) is 0 Å². The number of aromatic amines is 1. The summed E-state index contributed by atoms with van der Waals surface area (Å²) in [4.78, 5) is 10.4. The van der Waals surface area contributed by atoms with Crippen LogP contribution in [0.15, 0.2) is 60.7 Å². The van der Waals surface area contributed by atoms with Crippen LogP contribution in [-0.4, -0.2) is 15.1 Å². The maximum Gasteiger partial charge on any atom is 0.271 e. The molecular weight excluding hydrogens is 278 g/mol. The van der Waals surface area contributed by atoms with E-state index in [4.69, 9.17) is 0 Å². The van der Waals surface area contributed by atoms with E-state index in [2.05, 4.69) is 34.5 Å². The molecule has 0 atom stereocenters. The van der Waals surface area contributed by atoms with Gasteiger partial charge in [0.05, 0.1) is 16.1 Å². The van der Waals surface area contributed by atoms with Crippen molar-refractivity contribution in [3.05, 3.63) is 70.8 Å². The third kappa shape index (κ3) is 1.91. The lowest BCUT2D eigenvalue weighted by atomic mass is 10.0. The summed E-state index contributed by atoms with van der Waals surface area (Å²) in [5, 5.41) is 21.2. The Morgan fingerprint density at radius 3 is 2.59 bits per heavy atom. The van der Waals surface area contributed by atoms with Crippen molar-refractivity contribution in [3.8, 4) is 11.3 Å². The number of rotatable bonds is 2. The number of aromatic nitrogens is 2. The molecule has 0 aliphatic rings. The van der Waals surface area contributed by atoms with Crippen LogP contribution in [-0.2, 0) is 0 Å². The fourth-order valence-corrected chi connectivity index (χ4v) is 2.68. The fourth-order valence-electron chi connectivity index (χ4n) is 2.68. The predicted molar refractivity (Wildman–Crippen MR) is 85.7 cm³/mol. The number of non-ortho nitro benzene ring substituents is 1. The first-order chi connectivity index (χ1) is 10.7. The van der Waals surface area contributed by atoms with Crippen molar-refractivity contribution in [2.75, 3.05) is 0 Å². The van der Waals surface area contributed by atoms with Gasteiger partial charge in [0.2, 0.25) is 0 Å². The van der Waals surface area contributed by atoms with Gasteiger partial charge in [-0.2, -0.15) is 5.10 Å². The molecule has 0 spiro atoms. The Bertz CT molecular complexity index is 1020. The monoisotopic (exact) mass is 289 g/mol. The first-order valence-corrected chi connectivity index (χ1v) is 6.84. The van der Waals surface area contributed by atoms with E-state index in [0.717, 1.165) is 22.0 Å². The number of nitrogens with zero attached hydrogens (tertiary/aromatic N) is 2. The molecule has 5 heteroatoms. The summed E-state index contributed by atoms with van der Waals surface area (Å²) in [6.45, 7) is 0. The molecule has 0 bridgehead atoms. The second-order valence-electron chi connectivity index (χ2n) is 5.12. The van der Waals surface area contributed by atoms with Gasteiger partial charge in [0, 0.05) is 23.1 Å². The van der Waals surface area contributed by atoms with Gasteiger partial charge in [-0.3, -0.25) is 15.2 Å². The molecule has 106 valence electrons. The molecule has 1 N–H and O–H groups in total. The zero-order chi connectivity index (χ0) is 15.1. The normalized spacial score (nSPS) is 11.1. The summed E-state index contributed by atoms with van der Waals surface area (Å²) in [5.74, 6) is 0. The van der Waals surface area contributed by atoms with E-state index in [1.165, 1.54) is 17.5 Å². The highest BCUT2D eigenvalue weighted by Crippen LogP contribution is 2.30. The molecular formula is C17H11N3O2. The lowest BCUT2D eigenvalue weighted by Gasteiger charge is -2.01. The molecule has 0 fully saturated rings. The van der Waals surface area contributed by atoms with Gasteiger partial charge in [-0.1, -0.05) is 36.4 Å². The molecule has 0 radical (unpaired) electrons. The van der Waals surface area contributed by atoms with E-state index >= 15 is 0 Å². The molecule has 1 aromatic heterocycles. The van der Waals surface area contributed by atoms with Crippen molar-refractivity contribution in [3.63, 3.8) is 0 Å². The van der Waals surface area contributed by atoms with Gasteiger partial charge in [-0.15, -0.1) is 0 Å². The average Bonchev–Trinajstić information content (AvgIpc) is 2.97. The van der Waals surface area contributed by atoms with Crippen LogP contribution in [0, 0.1) is 10.1 Å². The molecule has 5 nitrogen and oxygen atoms in total. The van der Waals surface area contributed by atoms with E-state index < -0.39 is 4.92 Å². The van der Waals surface area contributed by atoms with Crippen molar-refractivity contribution in [2.45, 2.75) is 0 Å². The number of H-pyrrole nitrogens is 1. The van der Waals surface area contributed by atoms with Crippen LogP contribution in [0.25, 0.3) is 32.9 Å². The Hall–Kier alpha value is -3.21. The van der Waals surface area contributed by atoms with Gasteiger partial charge < -0.3 is 0 Å². The quantitative estimate of drug-likeness (QED) is 0.442.